The van der Waals surface area contributed by atoms with Gasteiger partial charge in [-0.1, -0.05) is 0 Å². The van der Waals surface area contributed by atoms with Crippen LogP contribution in [0.15, 0.2) is 12.3 Å². The van der Waals surface area contributed by atoms with Crippen LogP contribution >= 0.6 is 0 Å². The number of aromatic amines is 1. The maximum atomic E-state index is 10.3. The highest BCUT2D eigenvalue weighted by atomic mass is 16.6. The Bertz CT molecular complexity index is 303. The summed E-state index contributed by atoms with van der Waals surface area (Å²) in [5, 5.41) is 13.5. The van der Waals surface area contributed by atoms with Crippen LogP contribution in [-0.4, -0.2) is 16.5 Å². The lowest BCUT2D eigenvalue weighted by Crippen LogP contribution is -2.35. The van der Waals surface area contributed by atoms with E-state index in [9.17, 15) is 10.1 Å². The summed E-state index contributed by atoms with van der Waals surface area (Å²) in [6.45, 7) is 0.998. The van der Waals surface area contributed by atoms with E-state index in [1.54, 1.807) is 6.07 Å². The average molecular weight is 167 g/mol. The van der Waals surface area contributed by atoms with E-state index in [1.165, 1.54) is 6.20 Å². The Hall–Kier alpha value is -1.36. The van der Waals surface area contributed by atoms with Gasteiger partial charge in [-0.25, -0.2) is 0 Å². The maximum absolute atomic E-state index is 10.3. The van der Waals surface area contributed by atoms with Gasteiger partial charge < -0.3 is 10.3 Å². The van der Waals surface area contributed by atoms with E-state index >= 15 is 0 Å². The second kappa shape index (κ2) is 2.60. The van der Waals surface area contributed by atoms with Crippen molar-refractivity contribution in [2.45, 2.75) is 12.5 Å². The van der Waals surface area contributed by atoms with Gasteiger partial charge in [0.25, 0.3) is 5.69 Å². The smallest absolute Gasteiger partial charge is 0.287 e. The van der Waals surface area contributed by atoms with Crippen LogP contribution in [0.3, 0.4) is 0 Å². The van der Waals surface area contributed by atoms with Gasteiger partial charge in [-0.2, -0.15) is 0 Å². The molecule has 0 aromatic carbocycles. The lowest BCUT2D eigenvalue weighted by molar-refractivity contribution is -0.384. The number of H-pyrrole nitrogens is 1. The molecule has 0 saturated carbocycles. The Morgan fingerprint density at radius 1 is 1.67 bits per heavy atom. The number of aromatic nitrogens is 1. The molecule has 5 nitrogen and oxygen atoms in total. The Kier molecular flexibility index (Phi) is 1.58. The van der Waals surface area contributed by atoms with Gasteiger partial charge in [-0.05, 0) is 13.0 Å². The summed E-state index contributed by atoms with van der Waals surface area (Å²) in [5.74, 6) is 0. The minimum Gasteiger partial charge on any atom is -0.358 e. The number of nitro groups is 1. The summed E-state index contributed by atoms with van der Waals surface area (Å²) < 4.78 is 0. The van der Waals surface area contributed by atoms with Crippen molar-refractivity contribution in [1.29, 1.82) is 0 Å². The largest absolute Gasteiger partial charge is 0.358 e. The number of nitrogens with zero attached hydrogens (tertiary/aromatic N) is 1. The molecule has 12 heavy (non-hydrogen) atoms. The standard InChI is InChI=1S/C7H9N3O2/c11-10(12)5-3-7(9-4-5)6-1-2-8-6/h3-4,6,8-9H,1-2H2/t6-/m0/s1. The fourth-order valence-electron chi connectivity index (χ4n) is 1.26. The number of rotatable bonds is 2. The van der Waals surface area contributed by atoms with E-state index in [1.807, 2.05) is 0 Å². The van der Waals surface area contributed by atoms with E-state index in [0.717, 1.165) is 18.7 Å². The fourth-order valence-corrected chi connectivity index (χ4v) is 1.26. The van der Waals surface area contributed by atoms with Crippen LogP contribution in [0.2, 0.25) is 0 Å². The molecule has 2 heterocycles. The molecule has 0 unspecified atom stereocenters. The molecule has 5 heteroatoms. The molecule has 1 saturated heterocycles. The number of nitrogens with one attached hydrogen (secondary N) is 2. The molecule has 64 valence electrons. The van der Waals surface area contributed by atoms with Crippen molar-refractivity contribution >= 4 is 5.69 Å². The Morgan fingerprint density at radius 2 is 2.42 bits per heavy atom. The molecule has 2 rings (SSSR count). The van der Waals surface area contributed by atoms with E-state index in [0.29, 0.717) is 6.04 Å². The predicted octanol–water partition coefficient (Wildman–Crippen LogP) is 0.957. The van der Waals surface area contributed by atoms with Crippen LogP contribution in [-0.2, 0) is 0 Å². The van der Waals surface area contributed by atoms with Gasteiger partial charge >= 0.3 is 0 Å². The zero-order valence-electron chi connectivity index (χ0n) is 6.41. The van der Waals surface area contributed by atoms with Crippen molar-refractivity contribution < 1.29 is 4.92 Å². The predicted molar refractivity (Wildman–Crippen MR) is 42.8 cm³/mol. The minimum absolute atomic E-state index is 0.138. The quantitative estimate of drug-likeness (QED) is 0.509. The lowest BCUT2D eigenvalue weighted by Gasteiger charge is -2.26. The highest BCUT2D eigenvalue weighted by Crippen LogP contribution is 2.24. The number of hydrogen-bond donors (Lipinski definition) is 2. The van der Waals surface area contributed by atoms with Crippen molar-refractivity contribution in [2.24, 2.45) is 0 Å². The molecule has 0 bridgehead atoms. The zero-order valence-corrected chi connectivity index (χ0v) is 6.41. The molecule has 0 aliphatic carbocycles. The molecule has 2 N–H and O–H groups in total. The molecule has 1 aliphatic rings. The normalized spacial score (nSPS) is 21.8. The molecule has 1 aromatic heterocycles. The molecule has 1 aromatic rings. The van der Waals surface area contributed by atoms with Gasteiger partial charge in [-0.3, -0.25) is 10.1 Å². The van der Waals surface area contributed by atoms with Gasteiger partial charge in [0.2, 0.25) is 0 Å². The first-order valence-electron chi connectivity index (χ1n) is 3.83. The fraction of sp³-hybridized carbons (Fsp3) is 0.429. The summed E-state index contributed by atoms with van der Waals surface area (Å²) in [6.07, 6.45) is 2.48. The average Bonchev–Trinajstić information content (AvgIpc) is 2.32. The van der Waals surface area contributed by atoms with E-state index < -0.39 is 4.92 Å². The molecular formula is C7H9N3O2. The molecule has 0 amide bonds. The summed E-state index contributed by atoms with van der Waals surface area (Å²) in [4.78, 5) is 12.8. The Morgan fingerprint density at radius 3 is 2.83 bits per heavy atom. The first kappa shape index (κ1) is 7.30. The third-order valence-electron chi connectivity index (χ3n) is 2.10. The van der Waals surface area contributed by atoms with Crippen molar-refractivity contribution in [3.63, 3.8) is 0 Å². The van der Waals surface area contributed by atoms with Gasteiger partial charge in [0.1, 0.15) is 0 Å². The molecule has 1 fully saturated rings. The van der Waals surface area contributed by atoms with Crippen LogP contribution in [0.5, 0.6) is 0 Å². The first-order chi connectivity index (χ1) is 5.77. The Labute approximate surface area is 68.9 Å². The summed E-state index contributed by atoms with van der Waals surface area (Å²) in [7, 11) is 0. The van der Waals surface area contributed by atoms with Crippen LogP contribution in [0.1, 0.15) is 18.2 Å². The topological polar surface area (TPSA) is 71.0 Å². The molecular weight excluding hydrogens is 158 g/mol. The minimum atomic E-state index is -0.390. The second-order valence-corrected chi connectivity index (χ2v) is 2.87. The van der Waals surface area contributed by atoms with Crippen molar-refractivity contribution in [3.8, 4) is 0 Å². The zero-order chi connectivity index (χ0) is 8.55. The van der Waals surface area contributed by atoms with Crippen molar-refractivity contribution in [1.82, 2.24) is 10.3 Å². The van der Waals surface area contributed by atoms with Crippen molar-refractivity contribution in [3.05, 3.63) is 28.1 Å². The second-order valence-electron chi connectivity index (χ2n) is 2.87. The highest BCUT2D eigenvalue weighted by Gasteiger charge is 2.21. The molecule has 0 radical (unpaired) electrons. The first-order valence-corrected chi connectivity index (χ1v) is 3.83. The highest BCUT2D eigenvalue weighted by molar-refractivity contribution is 5.32. The summed E-state index contributed by atoms with van der Waals surface area (Å²) in [6, 6.07) is 1.87. The van der Waals surface area contributed by atoms with Gasteiger partial charge in [0.05, 0.1) is 11.1 Å². The van der Waals surface area contributed by atoms with Crippen LogP contribution in [0.4, 0.5) is 5.69 Å². The molecule has 1 atom stereocenters. The summed E-state index contributed by atoms with van der Waals surface area (Å²) >= 11 is 0. The van der Waals surface area contributed by atoms with Gasteiger partial charge in [0, 0.05) is 17.8 Å². The van der Waals surface area contributed by atoms with Gasteiger partial charge in [0.15, 0.2) is 0 Å². The summed E-state index contributed by atoms with van der Waals surface area (Å²) in [5.41, 5.74) is 1.05. The maximum Gasteiger partial charge on any atom is 0.287 e. The lowest BCUT2D eigenvalue weighted by atomic mass is 10.0. The monoisotopic (exact) mass is 167 g/mol. The van der Waals surface area contributed by atoms with E-state index in [2.05, 4.69) is 10.3 Å². The third-order valence-corrected chi connectivity index (χ3v) is 2.10. The Balaban J connectivity index is 2.17. The van der Waals surface area contributed by atoms with Gasteiger partial charge in [-0.15, -0.1) is 0 Å². The van der Waals surface area contributed by atoms with E-state index in [4.69, 9.17) is 0 Å². The molecule has 0 spiro atoms. The van der Waals surface area contributed by atoms with Crippen molar-refractivity contribution in [2.75, 3.05) is 6.54 Å². The SMILES string of the molecule is O=[N+]([O-])c1c[nH]c([C@@H]2CCN2)c1. The third kappa shape index (κ3) is 1.08. The van der Waals surface area contributed by atoms with Crippen LogP contribution < -0.4 is 5.32 Å². The van der Waals surface area contributed by atoms with E-state index in [-0.39, 0.29) is 5.69 Å². The van der Waals surface area contributed by atoms with Crippen LogP contribution in [0.25, 0.3) is 0 Å². The number of hydrogen-bond acceptors (Lipinski definition) is 3. The molecule has 1 aliphatic heterocycles. The van der Waals surface area contributed by atoms with Crippen LogP contribution in [0, 0.1) is 10.1 Å².